The highest BCUT2D eigenvalue weighted by molar-refractivity contribution is 5.89. The molecule has 0 atom stereocenters. The molecule has 2 heterocycles. The van der Waals surface area contributed by atoms with Crippen molar-refractivity contribution in [3.05, 3.63) is 47.7 Å². The highest BCUT2D eigenvalue weighted by Crippen LogP contribution is 2.24. The van der Waals surface area contributed by atoms with Crippen molar-refractivity contribution >= 4 is 11.8 Å². The number of piperidine rings is 1. The molecule has 6 heteroatoms. The first-order valence-corrected chi connectivity index (χ1v) is 11.2. The zero-order chi connectivity index (χ0) is 21.2. The molecule has 1 aliphatic heterocycles. The number of benzene rings is 1. The van der Waals surface area contributed by atoms with Crippen LogP contribution >= 0.6 is 0 Å². The minimum Gasteiger partial charge on any atom is -0.494 e. The molecule has 162 valence electrons. The van der Waals surface area contributed by atoms with Crippen molar-refractivity contribution in [2.75, 3.05) is 31.2 Å². The first-order chi connectivity index (χ1) is 14.7. The molecule has 0 radical (unpaired) electrons. The van der Waals surface area contributed by atoms with Crippen LogP contribution in [0.2, 0.25) is 0 Å². The maximum atomic E-state index is 11.7. The summed E-state index contributed by atoms with van der Waals surface area (Å²) in [6, 6.07) is 11.4. The number of nitrogens with zero attached hydrogens (tertiary/aromatic N) is 3. The number of rotatable bonds is 10. The van der Waals surface area contributed by atoms with Crippen LogP contribution in [0.25, 0.3) is 0 Å². The van der Waals surface area contributed by atoms with E-state index < -0.39 is 0 Å². The molecule has 0 aliphatic carbocycles. The molecule has 1 aromatic heterocycles. The van der Waals surface area contributed by atoms with Gasteiger partial charge in [0.1, 0.15) is 5.75 Å². The van der Waals surface area contributed by atoms with Gasteiger partial charge >= 0.3 is 5.97 Å². The Morgan fingerprint density at radius 1 is 1.07 bits per heavy atom. The minimum atomic E-state index is -0.295. The number of unbranched alkanes of at least 4 members (excludes halogenated alkanes) is 1. The van der Waals surface area contributed by atoms with E-state index in [0.29, 0.717) is 24.7 Å². The molecule has 30 heavy (non-hydrogen) atoms. The summed E-state index contributed by atoms with van der Waals surface area (Å²) in [4.78, 5) is 14.0. The average molecular weight is 412 g/mol. The third kappa shape index (κ3) is 6.44. The van der Waals surface area contributed by atoms with Crippen LogP contribution in [0.4, 0.5) is 5.82 Å². The Kier molecular flexibility index (Phi) is 8.48. The molecular formula is C24H33N3O3. The van der Waals surface area contributed by atoms with Crippen LogP contribution in [0, 0.1) is 5.92 Å². The van der Waals surface area contributed by atoms with E-state index >= 15 is 0 Å². The van der Waals surface area contributed by atoms with Crippen LogP contribution in [-0.4, -0.2) is 42.5 Å². The summed E-state index contributed by atoms with van der Waals surface area (Å²) in [5.41, 5.74) is 1.64. The summed E-state index contributed by atoms with van der Waals surface area (Å²) in [6.07, 6.45) is 6.68. The van der Waals surface area contributed by atoms with Crippen LogP contribution in [-0.2, 0) is 11.2 Å². The molecule has 1 saturated heterocycles. The van der Waals surface area contributed by atoms with Gasteiger partial charge in [-0.25, -0.2) is 4.79 Å². The van der Waals surface area contributed by atoms with Gasteiger partial charge in [0.15, 0.2) is 5.82 Å². The predicted molar refractivity (Wildman–Crippen MR) is 118 cm³/mol. The standard InChI is InChI=1S/C24H33N3O3/c1-3-5-6-21-9-12-23(26-25-21)27-16-13-19(14-17-27)15-18-30-22-10-7-20(8-11-22)24(28)29-4-2/h7-12,19H,3-6,13-18H2,1-2H3. The number of aromatic nitrogens is 2. The first-order valence-electron chi connectivity index (χ1n) is 11.2. The van der Waals surface area contributed by atoms with Crippen molar-refractivity contribution < 1.29 is 14.3 Å². The molecule has 2 aromatic rings. The van der Waals surface area contributed by atoms with Crippen molar-refractivity contribution in [1.29, 1.82) is 0 Å². The van der Waals surface area contributed by atoms with Crippen molar-refractivity contribution in [1.82, 2.24) is 10.2 Å². The lowest BCUT2D eigenvalue weighted by Crippen LogP contribution is -2.34. The monoisotopic (exact) mass is 411 g/mol. The summed E-state index contributed by atoms with van der Waals surface area (Å²) in [6.45, 7) is 7.10. The van der Waals surface area contributed by atoms with E-state index in [0.717, 1.165) is 62.5 Å². The van der Waals surface area contributed by atoms with E-state index in [9.17, 15) is 4.79 Å². The molecule has 0 saturated carbocycles. The summed E-state index contributed by atoms with van der Waals surface area (Å²) >= 11 is 0. The van der Waals surface area contributed by atoms with Crippen LogP contribution in [0.15, 0.2) is 36.4 Å². The highest BCUT2D eigenvalue weighted by atomic mass is 16.5. The Bertz CT molecular complexity index is 769. The van der Waals surface area contributed by atoms with Crippen molar-refractivity contribution in [2.45, 2.75) is 52.4 Å². The van der Waals surface area contributed by atoms with Gasteiger partial charge < -0.3 is 14.4 Å². The lowest BCUT2D eigenvalue weighted by atomic mass is 9.94. The van der Waals surface area contributed by atoms with Crippen molar-refractivity contribution in [3.8, 4) is 5.75 Å². The van der Waals surface area contributed by atoms with Crippen LogP contribution in [0.3, 0.4) is 0 Å². The second-order valence-electron chi connectivity index (χ2n) is 7.80. The molecule has 3 rings (SSSR count). The molecule has 1 fully saturated rings. The Morgan fingerprint density at radius 2 is 1.83 bits per heavy atom. The Balaban J connectivity index is 1.37. The summed E-state index contributed by atoms with van der Waals surface area (Å²) in [5, 5.41) is 8.81. The zero-order valence-corrected chi connectivity index (χ0v) is 18.2. The molecule has 1 aromatic carbocycles. The Labute approximate surface area is 179 Å². The van der Waals surface area contributed by atoms with Gasteiger partial charge in [-0.15, -0.1) is 5.10 Å². The largest absolute Gasteiger partial charge is 0.494 e. The van der Waals surface area contributed by atoms with Gasteiger partial charge in [0.05, 0.1) is 24.5 Å². The molecule has 0 N–H and O–H groups in total. The van der Waals surface area contributed by atoms with Crippen LogP contribution in [0.5, 0.6) is 5.75 Å². The summed E-state index contributed by atoms with van der Waals surface area (Å²) in [5.74, 6) is 2.15. The number of carbonyl (C=O) groups excluding carboxylic acids is 1. The number of aryl methyl sites for hydroxylation is 1. The molecule has 0 amide bonds. The average Bonchev–Trinajstić information content (AvgIpc) is 2.79. The molecule has 6 nitrogen and oxygen atoms in total. The second-order valence-corrected chi connectivity index (χ2v) is 7.80. The fraction of sp³-hybridized carbons (Fsp3) is 0.542. The topological polar surface area (TPSA) is 64.5 Å². The number of anilines is 1. The molecular weight excluding hydrogens is 378 g/mol. The van der Waals surface area contributed by atoms with E-state index in [1.807, 2.05) is 12.1 Å². The second kappa shape index (κ2) is 11.5. The fourth-order valence-electron chi connectivity index (χ4n) is 3.71. The van der Waals surface area contributed by atoms with Gasteiger partial charge in [0.25, 0.3) is 0 Å². The van der Waals surface area contributed by atoms with Gasteiger partial charge in [0, 0.05) is 13.1 Å². The summed E-state index contributed by atoms with van der Waals surface area (Å²) in [7, 11) is 0. The molecule has 0 bridgehead atoms. The summed E-state index contributed by atoms with van der Waals surface area (Å²) < 4.78 is 10.9. The van der Waals surface area contributed by atoms with E-state index in [4.69, 9.17) is 9.47 Å². The van der Waals surface area contributed by atoms with Gasteiger partial charge in [0.2, 0.25) is 0 Å². The van der Waals surface area contributed by atoms with Crippen molar-refractivity contribution in [3.63, 3.8) is 0 Å². The van der Waals surface area contributed by atoms with E-state index in [1.165, 1.54) is 6.42 Å². The predicted octanol–water partition coefficient (Wildman–Crippen LogP) is 4.68. The molecule has 0 unspecified atom stereocenters. The van der Waals surface area contributed by atoms with E-state index in [-0.39, 0.29) is 5.97 Å². The smallest absolute Gasteiger partial charge is 0.338 e. The number of hydrogen-bond donors (Lipinski definition) is 0. The normalized spacial score (nSPS) is 14.5. The number of hydrogen-bond acceptors (Lipinski definition) is 6. The quantitative estimate of drug-likeness (QED) is 0.529. The third-order valence-corrected chi connectivity index (χ3v) is 5.59. The first kappa shape index (κ1) is 22.1. The van der Waals surface area contributed by atoms with Gasteiger partial charge in [-0.05, 0) is 81.3 Å². The number of esters is 1. The van der Waals surface area contributed by atoms with E-state index in [2.05, 4.69) is 34.2 Å². The third-order valence-electron chi connectivity index (χ3n) is 5.59. The van der Waals surface area contributed by atoms with Gasteiger partial charge in [-0.2, -0.15) is 5.10 Å². The Morgan fingerprint density at radius 3 is 2.47 bits per heavy atom. The zero-order valence-electron chi connectivity index (χ0n) is 18.2. The molecule has 1 aliphatic rings. The van der Waals surface area contributed by atoms with Crippen LogP contribution < -0.4 is 9.64 Å². The molecule has 0 spiro atoms. The minimum absolute atomic E-state index is 0.295. The number of carbonyl (C=O) groups is 1. The lowest BCUT2D eigenvalue weighted by Gasteiger charge is -2.32. The lowest BCUT2D eigenvalue weighted by molar-refractivity contribution is 0.0526. The van der Waals surface area contributed by atoms with Crippen molar-refractivity contribution in [2.24, 2.45) is 5.92 Å². The van der Waals surface area contributed by atoms with E-state index in [1.54, 1.807) is 19.1 Å². The maximum absolute atomic E-state index is 11.7. The Hall–Kier alpha value is -2.63. The van der Waals surface area contributed by atoms with Crippen LogP contribution in [0.1, 0.15) is 62.0 Å². The fourth-order valence-corrected chi connectivity index (χ4v) is 3.71. The SMILES string of the molecule is CCCCc1ccc(N2CCC(CCOc3ccc(C(=O)OCC)cc3)CC2)nn1. The van der Waals surface area contributed by atoms with Gasteiger partial charge in [-0.3, -0.25) is 0 Å². The maximum Gasteiger partial charge on any atom is 0.338 e. The van der Waals surface area contributed by atoms with Gasteiger partial charge in [-0.1, -0.05) is 13.3 Å². The number of ether oxygens (including phenoxy) is 2. The highest BCUT2D eigenvalue weighted by Gasteiger charge is 2.20.